The van der Waals surface area contributed by atoms with Crippen molar-refractivity contribution >= 4 is 21.6 Å². The average molecular weight is 357 g/mol. The molecule has 0 aliphatic heterocycles. The Bertz CT molecular complexity index is 421. The van der Waals surface area contributed by atoms with Gasteiger partial charge in [0.2, 0.25) is 0 Å². The highest BCUT2D eigenvalue weighted by Crippen LogP contribution is 2.27. The molecule has 0 aliphatic carbocycles. The number of anilines is 1. The molecule has 0 aromatic heterocycles. The molecular weight excluding hydrogens is 328 g/mol. The van der Waals surface area contributed by atoms with Gasteiger partial charge < -0.3 is 15.0 Å². The molecule has 1 N–H and O–H groups in total. The highest BCUT2D eigenvalue weighted by Gasteiger charge is 2.14. The number of methoxy groups -OCH3 is 1. The normalized spacial score (nSPS) is 11.4. The number of benzene rings is 1. The lowest BCUT2D eigenvalue weighted by atomic mass is 10.1. The molecule has 0 saturated heterocycles. The zero-order valence-electron chi connectivity index (χ0n) is 13.9. The molecule has 0 radical (unpaired) electrons. The third kappa shape index (κ3) is 6.37. The molecular formula is C17H29BrN2O. The molecule has 0 amide bonds. The number of hydrogen-bond acceptors (Lipinski definition) is 3. The first-order valence-corrected chi connectivity index (χ1v) is 8.49. The minimum absolute atomic E-state index is 0.443. The van der Waals surface area contributed by atoms with Crippen LogP contribution in [0.5, 0.6) is 0 Å². The lowest BCUT2D eigenvalue weighted by molar-refractivity contribution is 0.203. The number of rotatable bonds is 9. The topological polar surface area (TPSA) is 24.5 Å². The van der Waals surface area contributed by atoms with Crippen LogP contribution in [0.4, 0.5) is 5.69 Å². The molecule has 1 aromatic rings. The highest BCUT2D eigenvalue weighted by molar-refractivity contribution is 9.10. The lowest BCUT2D eigenvalue weighted by Gasteiger charge is -2.31. The lowest BCUT2D eigenvalue weighted by Crippen LogP contribution is -2.35. The molecule has 3 nitrogen and oxygen atoms in total. The van der Waals surface area contributed by atoms with Gasteiger partial charge in [0.25, 0.3) is 0 Å². The van der Waals surface area contributed by atoms with E-state index >= 15 is 0 Å². The van der Waals surface area contributed by atoms with E-state index in [1.54, 1.807) is 7.11 Å². The average Bonchev–Trinajstić information content (AvgIpc) is 2.40. The Balaban J connectivity index is 2.92. The van der Waals surface area contributed by atoms with Crippen LogP contribution in [0.2, 0.25) is 0 Å². The van der Waals surface area contributed by atoms with Gasteiger partial charge in [-0.05, 0) is 44.0 Å². The smallest absolute Gasteiger partial charge is 0.0637 e. The van der Waals surface area contributed by atoms with Gasteiger partial charge in [0, 0.05) is 36.4 Å². The van der Waals surface area contributed by atoms with Crippen molar-refractivity contribution in [3.8, 4) is 0 Å². The summed E-state index contributed by atoms with van der Waals surface area (Å²) in [5.41, 5.74) is 2.62. The third-order valence-electron chi connectivity index (χ3n) is 3.38. The summed E-state index contributed by atoms with van der Waals surface area (Å²) >= 11 is 3.59. The van der Waals surface area contributed by atoms with Crippen molar-refractivity contribution in [2.45, 2.75) is 40.3 Å². The fourth-order valence-corrected chi connectivity index (χ4v) is 2.64. The maximum absolute atomic E-state index is 5.26. The Morgan fingerprint density at radius 3 is 2.52 bits per heavy atom. The summed E-state index contributed by atoms with van der Waals surface area (Å²) in [5, 5.41) is 3.54. The van der Waals surface area contributed by atoms with Crippen LogP contribution in [0, 0.1) is 5.92 Å². The predicted molar refractivity (Wildman–Crippen MR) is 95.0 cm³/mol. The molecule has 4 heteroatoms. The van der Waals surface area contributed by atoms with Crippen LogP contribution in [0.1, 0.15) is 33.3 Å². The number of halogens is 1. The number of nitrogens with one attached hydrogen (secondary N) is 1. The third-order valence-corrected chi connectivity index (χ3v) is 3.88. The largest absolute Gasteiger partial charge is 0.383 e. The van der Waals surface area contributed by atoms with Gasteiger partial charge in [-0.15, -0.1) is 0 Å². The highest BCUT2D eigenvalue weighted by atomic mass is 79.9. The van der Waals surface area contributed by atoms with Crippen LogP contribution < -0.4 is 10.2 Å². The minimum Gasteiger partial charge on any atom is -0.383 e. The van der Waals surface area contributed by atoms with Crippen molar-refractivity contribution in [2.24, 2.45) is 5.92 Å². The number of hydrogen-bond donors (Lipinski definition) is 1. The Morgan fingerprint density at radius 2 is 1.95 bits per heavy atom. The monoisotopic (exact) mass is 356 g/mol. The van der Waals surface area contributed by atoms with Crippen LogP contribution in [0.3, 0.4) is 0 Å². The first-order chi connectivity index (χ1) is 9.95. The number of ether oxygens (including phenoxy) is 1. The van der Waals surface area contributed by atoms with E-state index in [0.29, 0.717) is 12.0 Å². The molecule has 0 fully saturated rings. The molecule has 0 heterocycles. The van der Waals surface area contributed by atoms with E-state index in [4.69, 9.17) is 4.74 Å². The van der Waals surface area contributed by atoms with E-state index in [2.05, 4.69) is 72.0 Å². The Morgan fingerprint density at radius 1 is 1.24 bits per heavy atom. The molecule has 1 aromatic carbocycles. The standard InChI is InChI=1S/C17H29BrN2O/c1-13(2)11-19-12-15-6-7-16(18)10-17(15)20(14(3)4)8-9-21-5/h6-7,10,13-14,19H,8-9,11-12H2,1-5H3. The van der Waals surface area contributed by atoms with E-state index in [0.717, 1.165) is 30.7 Å². The fraction of sp³-hybridized carbons (Fsp3) is 0.647. The molecule has 0 spiro atoms. The van der Waals surface area contributed by atoms with E-state index < -0.39 is 0 Å². The van der Waals surface area contributed by atoms with Crippen molar-refractivity contribution in [3.63, 3.8) is 0 Å². The summed E-state index contributed by atoms with van der Waals surface area (Å²) in [7, 11) is 1.75. The Kier molecular flexibility index (Phi) is 8.30. The summed E-state index contributed by atoms with van der Waals surface area (Å²) < 4.78 is 6.38. The van der Waals surface area contributed by atoms with Gasteiger partial charge in [-0.2, -0.15) is 0 Å². The van der Waals surface area contributed by atoms with Gasteiger partial charge in [0.15, 0.2) is 0 Å². The van der Waals surface area contributed by atoms with Gasteiger partial charge >= 0.3 is 0 Å². The second-order valence-electron chi connectivity index (χ2n) is 6.08. The zero-order valence-corrected chi connectivity index (χ0v) is 15.5. The second kappa shape index (κ2) is 9.44. The molecule has 0 aliphatic rings. The molecule has 0 bridgehead atoms. The van der Waals surface area contributed by atoms with Crippen LogP contribution in [0.15, 0.2) is 22.7 Å². The quantitative estimate of drug-likeness (QED) is 0.721. The summed E-state index contributed by atoms with van der Waals surface area (Å²) in [4.78, 5) is 2.40. The van der Waals surface area contributed by atoms with Crippen molar-refractivity contribution in [1.82, 2.24) is 5.32 Å². The molecule has 21 heavy (non-hydrogen) atoms. The maximum atomic E-state index is 5.26. The molecule has 0 atom stereocenters. The second-order valence-corrected chi connectivity index (χ2v) is 6.99. The maximum Gasteiger partial charge on any atom is 0.0637 e. The van der Waals surface area contributed by atoms with E-state index in [1.807, 2.05) is 0 Å². The first-order valence-electron chi connectivity index (χ1n) is 7.70. The summed E-state index contributed by atoms with van der Waals surface area (Å²) in [6.45, 7) is 12.5. The number of nitrogens with zero attached hydrogens (tertiary/aromatic N) is 1. The van der Waals surface area contributed by atoms with Crippen LogP contribution in [-0.2, 0) is 11.3 Å². The SMILES string of the molecule is COCCN(c1cc(Br)ccc1CNCC(C)C)C(C)C. The Labute approximate surface area is 138 Å². The summed E-state index contributed by atoms with van der Waals surface area (Å²) in [6.07, 6.45) is 0. The summed E-state index contributed by atoms with van der Waals surface area (Å²) in [6, 6.07) is 6.97. The van der Waals surface area contributed by atoms with Gasteiger partial charge in [0.05, 0.1) is 6.61 Å². The van der Waals surface area contributed by atoms with Crippen molar-refractivity contribution in [3.05, 3.63) is 28.2 Å². The van der Waals surface area contributed by atoms with Gasteiger partial charge in [-0.1, -0.05) is 35.8 Å². The van der Waals surface area contributed by atoms with Crippen LogP contribution >= 0.6 is 15.9 Å². The minimum atomic E-state index is 0.443. The summed E-state index contributed by atoms with van der Waals surface area (Å²) in [5.74, 6) is 0.665. The van der Waals surface area contributed by atoms with E-state index in [-0.39, 0.29) is 0 Å². The first kappa shape index (κ1) is 18.5. The van der Waals surface area contributed by atoms with Crippen molar-refractivity contribution < 1.29 is 4.74 Å². The van der Waals surface area contributed by atoms with E-state index in [9.17, 15) is 0 Å². The molecule has 0 unspecified atom stereocenters. The van der Waals surface area contributed by atoms with Crippen molar-refractivity contribution in [1.29, 1.82) is 0 Å². The Hall–Kier alpha value is -0.580. The van der Waals surface area contributed by atoms with E-state index in [1.165, 1.54) is 11.3 Å². The molecule has 1 rings (SSSR count). The van der Waals surface area contributed by atoms with Crippen molar-refractivity contribution in [2.75, 3.05) is 31.7 Å². The van der Waals surface area contributed by atoms with Crippen LogP contribution in [0.25, 0.3) is 0 Å². The fourth-order valence-electron chi connectivity index (χ4n) is 2.30. The van der Waals surface area contributed by atoms with Gasteiger partial charge in [-0.3, -0.25) is 0 Å². The van der Waals surface area contributed by atoms with Gasteiger partial charge in [-0.25, -0.2) is 0 Å². The van der Waals surface area contributed by atoms with Crippen LogP contribution in [-0.4, -0.2) is 32.8 Å². The zero-order chi connectivity index (χ0) is 15.8. The predicted octanol–water partition coefficient (Wildman–Crippen LogP) is 4.06. The van der Waals surface area contributed by atoms with Gasteiger partial charge in [0.1, 0.15) is 0 Å². The molecule has 0 saturated carbocycles. The molecule has 120 valence electrons.